The Labute approximate surface area is 166 Å². The molecule has 0 aliphatic carbocycles. The summed E-state index contributed by atoms with van der Waals surface area (Å²) in [6.45, 7) is 2.32. The third-order valence-corrected chi connectivity index (χ3v) is 5.40. The van der Waals surface area contributed by atoms with Gasteiger partial charge < -0.3 is 15.0 Å². The summed E-state index contributed by atoms with van der Waals surface area (Å²) in [5.74, 6) is -0.807. The lowest BCUT2D eigenvalue weighted by Crippen LogP contribution is -2.43. The highest BCUT2D eigenvalue weighted by molar-refractivity contribution is 7.12. The van der Waals surface area contributed by atoms with Gasteiger partial charge in [0.05, 0.1) is 22.1 Å². The predicted octanol–water partition coefficient (Wildman–Crippen LogP) is 3.82. The van der Waals surface area contributed by atoms with E-state index in [1.807, 2.05) is 5.38 Å². The zero-order valence-electron chi connectivity index (χ0n) is 14.7. The summed E-state index contributed by atoms with van der Waals surface area (Å²) >= 11 is 7.50. The molecule has 1 N–H and O–H groups in total. The van der Waals surface area contributed by atoms with Gasteiger partial charge in [-0.25, -0.2) is 0 Å². The Kier molecular flexibility index (Phi) is 6.13. The van der Waals surface area contributed by atoms with E-state index in [9.17, 15) is 14.4 Å². The standard InChI is InChI=1S/C19H19ClN2O4S/c1-12(23)26-14-4-2-8-22(11-14)19(25)13-6-7-15(20)16(10-13)21-18(24)17-5-3-9-27-17/h3,5-7,9-10,14H,2,4,8,11H2,1H3,(H,21,24). The maximum absolute atomic E-state index is 12.8. The second-order valence-electron chi connectivity index (χ2n) is 6.25. The van der Waals surface area contributed by atoms with E-state index in [0.29, 0.717) is 34.2 Å². The molecule has 1 aromatic carbocycles. The minimum atomic E-state index is -0.348. The lowest BCUT2D eigenvalue weighted by atomic mass is 10.1. The van der Waals surface area contributed by atoms with Crippen molar-refractivity contribution in [2.75, 3.05) is 18.4 Å². The molecule has 1 atom stereocenters. The number of rotatable bonds is 4. The Morgan fingerprint density at radius 1 is 1.30 bits per heavy atom. The maximum Gasteiger partial charge on any atom is 0.302 e. The van der Waals surface area contributed by atoms with E-state index < -0.39 is 0 Å². The van der Waals surface area contributed by atoms with E-state index in [2.05, 4.69) is 5.32 Å². The highest BCUT2D eigenvalue weighted by Gasteiger charge is 2.26. The predicted molar refractivity (Wildman–Crippen MR) is 104 cm³/mol. The third-order valence-electron chi connectivity index (χ3n) is 4.20. The summed E-state index contributed by atoms with van der Waals surface area (Å²) in [5, 5.41) is 4.91. The number of esters is 1. The summed E-state index contributed by atoms with van der Waals surface area (Å²) in [5.41, 5.74) is 0.804. The van der Waals surface area contributed by atoms with Crippen molar-refractivity contribution in [3.63, 3.8) is 0 Å². The Balaban J connectivity index is 1.73. The second-order valence-corrected chi connectivity index (χ2v) is 7.61. The second kappa shape index (κ2) is 8.54. The first-order valence-corrected chi connectivity index (χ1v) is 9.80. The summed E-state index contributed by atoms with van der Waals surface area (Å²) in [4.78, 5) is 38.5. The number of likely N-dealkylation sites (tertiary alicyclic amines) is 1. The molecule has 2 amide bonds. The number of halogens is 1. The molecule has 2 aromatic rings. The zero-order chi connectivity index (χ0) is 19.4. The molecule has 1 unspecified atom stereocenters. The fraction of sp³-hybridized carbons (Fsp3) is 0.316. The van der Waals surface area contributed by atoms with E-state index in [1.54, 1.807) is 35.2 Å². The highest BCUT2D eigenvalue weighted by Crippen LogP contribution is 2.26. The fourth-order valence-electron chi connectivity index (χ4n) is 2.98. The zero-order valence-corrected chi connectivity index (χ0v) is 16.3. The fourth-order valence-corrected chi connectivity index (χ4v) is 3.77. The Morgan fingerprint density at radius 2 is 2.11 bits per heavy atom. The van der Waals surface area contributed by atoms with Crippen LogP contribution in [0.15, 0.2) is 35.7 Å². The maximum atomic E-state index is 12.8. The molecule has 1 fully saturated rings. The SMILES string of the molecule is CC(=O)OC1CCCN(C(=O)c2ccc(Cl)c(NC(=O)c3cccs3)c2)C1. The van der Waals surface area contributed by atoms with Gasteiger partial charge in [0, 0.05) is 19.0 Å². The summed E-state index contributed by atoms with van der Waals surface area (Å²) < 4.78 is 5.23. The third kappa shape index (κ3) is 4.87. The molecule has 1 saturated heterocycles. The number of carbonyl (C=O) groups is 3. The van der Waals surface area contributed by atoms with Crippen LogP contribution in [0.3, 0.4) is 0 Å². The first-order valence-electron chi connectivity index (χ1n) is 8.55. The van der Waals surface area contributed by atoms with Gasteiger partial charge in [-0.2, -0.15) is 0 Å². The monoisotopic (exact) mass is 406 g/mol. The molecule has 3 rings (SSSR count). The average Bonchev–Trinajstić information content (AvgIpc) is 3.17. The minimum absolute atomic E-state index is 0.185. The molecule has 27 heavy (non-hydrogen) atoms. The molecule has 8 heteroatoms. The molecule has 6 nitrogen and oxygen atoms in total. The molecule has 1 aromatic heterocycles. The van der Waals surface area contributed by atoms with Crippen LogP contribution in [0.1, 0.15) is 39.8 Å². The normalized spacial score (nSPS) is 16.7. The van der Waals surface area contributed by atoms with Gasteiger partial charge in [-0.05, 0) is 42.5 Å². The Bertz CT molecular complexity index is 853. The van der Waals surface area contributed by atoms with E-state index in [-0.39, 0.29) is 23.9 Å². The number of hydrogen-bond acceptors (Lipinski definition) is 5. The van der Waals surface area contributed by atoms with Crippen LogP contribution < -0.4 is 5.32 Å². The van der Waals surface area contributed by atoms with Crippen molar-refractivity contribution < 1.29 is 19.1 Å². The number of piperidine rings is 1. The lowest BCUT2D eigenvalue weighted by Gasteiger charge is -2.32. The van der Waals surface area contributed by atoms with Gasteiger partial charge in [-0.3, -0.25) is 14.4 Å². The van der Waals surface area contributed by atoms with Crippen LogP contribution in [0.25, 0.3) is 0 Å². The largest absolute Gasteiger partial charge is 0.461 e. The van der Waals surface area contributed by atoms with Crippen LogP contribution in [0.4, 0.5) is 5.69 Å². The van der Waals surface area contributed by atoms with Gasteiger partial charge in [0.25, 0.3) is 11.8 Å². The van der Waals surface area contributed by atoms with Crippen LogP contribution in [-0.2, 0) is 9.53 Å². The Morgan fingerprint density at radius 3 is 2.81 bits per heavy atom. The number of hydrogen-bond donors (Lipinski definition) is 1. The van der Waals surface area contributed by atoms with Crippen molar-refractivity contribution in [2.45, 2.75) is 25.9 Å². The quantitative estimate of drug-likeness (QED) is 0.783. The topological polar surface area (TPSA) is 75.7 Å². The molecule has 0 bridgehead atoms. The van der Waals surface area contributed by atoms with Crippen LogP contribution in [-0.4, -0.2) is 41.9 Å². The molecule has 0 spiro atoms. The number of nitrogens with one attached hydrogen (secondary N) is 1. The van der Waals surface area contributed by atoms with Crippen molar-refractivity contribution in [2.24, 2.45) is 0 Å². The van der Waals surface area contributed by atoms with Gasteiger partial charge in [0.1, 0.15) is 6.10 Å². The average molecular weight is 407 g/mol. The minimum Gasteiger partial charge on any atom is -0.461 e. The summed E-state index contributed by atoms with van der Waals surface area (Å²) in [6.07, 6.45) is 1.22. The summed E-state index contributed by atoms with van der Waals surface area (Å²) in [7, 11) is 0. The van der Waals surface area contributed by atoms with E-state index in [1.165, 1.54) is 18.3 Å². The first-order chi connectivity index (χ1) is 12.9. The van der Waals surface area contributed by atoms with Crippen molar-refractivity contribution in [1.82, 2.24) is 4.90 Å². The van der Waals surface area contributed by atoms with Crippen molar-refractivity contribution in [1.29, 1.82) is 0 Å². The van der Waals surface area contributed by atoms with Crippen molar-refractivity contribution >= 4 is 46.4 Å². The molecule has 1 aliphatic rings. The van der Waals surface area contributed by atoms with Gasteiger partial charge in [-0.15, -0.1) is 11.3 Å². The number of anilines is 1. The van der Waals surface area contributed by atoms with Crippen LogP contribution >= 0.6 is 22.9 Å². The van der Waals surface area contributed by atoms with Crippen LogP contribution in [0.2, 0.25) is 5.02 Å². The van der Waals surface area contributed by atoms with E-state index in [4.69, 9.17) is 16.3 Å². The molecule has 2 heterocycles. The number of carbonyl (C=O) groups excluding carboxylic acids is 3. The number of benzene rings is 1. The molecule has 142 valence electrons. The van der Waals surface area contributed by atoms with Crippen LogP contribution in [0.5, 0.6) is 0 Å². The van der Waals surface area contributed by atoms with Crippen molar-refractivity contribution in [3.05, 3.63) is 51.2 Å². The number of amides is 2. The lowest BCUT2D eigenvalue weighted by molar-refractivity contribution is -0.148. The van der Waals surface area contributed by atoms with Crippen LogP contribution in [0, 0.1) is 0 Å². The number of nitrogens with zero attached hydrogens (tertiary/aromatic N) is 1. The first kappa shape index (κ1) is 19.4. The van der Waals surface area contributed by atoms with Gasteiger partial charge in [-0.1, -0.05) is 17.7 Å². The van der Waals surface area contributed by atoms with Crippen molar-refractivity contribution in [3.8, 4) is 0 Å². The van der Waals surface area contributed by atoms with Gasteiger partial charge in [0.15, 0.2) is 0 Å². The molecule has 1 aliphatic heterocycles. The number of ether oxygens (including phenoxy) is 1. The molecule has 0 saturated carbocycles. The summed E-state index contributed by atoms with van der Waals surface area (Å²) in [6, 6.07) is 8.29. The Hall–Kier alpha value is -2.38. The molecular formula is C19H19ClN2O4S. The molecule has 0 radical (unpaired) electrons. The van der Waals surface area contributed by atoms with Gasteiger partial charge in [0.2, 0.25) is 0 Å². The highest BCUT2D eigenvalue weighted by atomic mass is 35.5. The molecular weight excluding hydrogens is 388 g/mol. The van der Waals surface area contributed by atoms with Gasteiger partial charge >= 0.3 is 5.97 Å². The van der Waals surface area contributed by atoms with E-state index >= 15 is 0 Å². The number of thiophene rings is 1. The smallest absolute Gasteiger partial charge is 0.302 e. The van der Waals surface area contributed by atoms with E-state index in [0.717, 1.165) is 12.8 Å².